The molecule has 1 aromatic heterocycles. The van der Waals surface area contributed by atoms with Gasteiger partial charge in [0.2, 0.25) is 5.91 Å². The van der Waals surface area contributed by atoms with Crippen molar-refractivity contribution < 1.29 is 9.18 Å². The average molecular weight is 383 g/mol. The molecule has 1 aliphatic heterocycles. The maximum atomic E-state index is 13.9. The molecule has 1 atom stereocenters. The molecule has 2 aromatic carbocycles. The first-order chi connectivity index (χ1) is 13.1. The number of para-hydroxylation sites is 1. The number of carbonyl (C=O) groups is 1. The summed E-state index contributed by atoms with van der Waals surface area (Å²) in [6, 6.07) is 13.2. The Morgan fingerprint density at radius 2 is 2.11 bits per heavy atom. The van der Waals surface area contributed by atoms with Gasteiger partial charge in [-0.25, -0.2) is 9.37 Å². The number of thiazole rings is 1. The summed E-state index contributed by atoms with van der Waals surface area (Å²) in [7, 11) is 0. The van der Waals surface area contributed by atoms with Crippen LogP contribution in [-0.2, 0) is 11.3 Å². The van der Waals surface area contributed by atoms with E-state index in [0.29, 0.717) is 18.6 Å². The molecule has 2 heterocycles. The van der Waals surface area contributed by atoms with Crippen molar-refractivity contribution in [1.29, 1.82) is 0 Å². The van der Waals surface area contributed by atoms with Crippen molar-refractivity contribution in [2.24, 2.45) is 5.92 Å². The number of hydrogen-bond acceptors (Lipinski definition) is 4. The number of piperidine rings is 1. The van der Waals surface area contributed by atoms with E-state index in [2.05, 4.69) is 27.3 Å². The van der Waals surface area contributed by atoms with Crippen LogP contribution >= 0.6 is 11.3 Å². The van der Waals surface area contributed by atoms with Gasteiger partial charge < -0.3 is 10.2 Å². The van der Waals surface area contributed by atoms with Gasteiger partial charge in [-0.3, -0.25) is 4.79 Å². The van der Waals surface area contributed by atoms with Crippen LogP contribution in [0.1, 0.15) is 24.0 Å². The van der Waals surface area contributed by atoms with Gasteiger partial charge in [0.1, 0.15) is 11.3 Å². The predicted octanol–water partition coefficient (Wildman–Crippen LogP) is 4.28. The van der Waals surface area contributed by atoms with E-state index < -0.39 is 0 Å². The minimum Gasteiger partial charge on any atom is -0.352 e. The van der Waals surface area contributed by atoms with Gasteiger partial charge in [-0.05, 0) is 37.5 Å². The largest absolute Gasteiger partial charge is 0.352 e. The van der Waals surface area contributed by atoms with Crippen LogP contribution in [0.15, 0.2) is 42.5 Å². The molecule has 4 nitrogen and oxygen atoms in total. The molecule has 0 aliphatic carbocycles. The number of nitrogens with zero attached hydrogens (tertiary/aromatic N) is 2. The highest BCUT2D eigenvalue weighted by Gasteiger charge is 2.27. The minimum atomic E-state index is -0.292. The molecule has 1 aliphatic rings. The van der Waals surface area contributed by atoms with Crippen molar-refractivity contribution in [3.05, 3.63) is 59.4 Å². The Hall–Kier alpha value is -2.47. The first-order valence-electron chi connectivity index (χ1n) is 9.23. The monoisotopic (exact) mass is 383 g/mol. The number of fused-ring (bicyclic) bond motifs is 1. The lowest BCUT2D eigenvalue weighted by atomic mass is 9.97. The number of benzene rings is 2. The van der Waals surface area contributed by atoms with E-state index in [1.807, 2.05) is 25.1 Å². The zero-order valence-electron chi connectivity index (χ0n) is 15.2. The summed E-state index contributed by atoms with van der Waals surface area (Å²) in [5.74, 6) is -0.284. The van der Waals surface area contributed by atoms with Crippen molar-refractivity contribution in [3.63, 3.8) is 0 Å². The summed E-state index contributed by atoms with van der Waals surface area (Å²) in [5.41, 5.74) is 2.73. The minimum absolute atomic E-state index is 0.0685. The third kappa shape index (κ3) is 3.95. The van der Waals surface area contributed by atoms with Crippen LogP contribution in [0, 0.1) is 18.7 Å². The highest BCUT2D eigenvalue weighted by molar-refractivity contribution is 7.22. The van der Waals surface area contributed by atoms with Gasteiger partial charge in [0.15, 0.2) is 5.13 Å². The number of carbonyl (C=O) groups excluding carboxylic acids is 1. The first-order valence-corrected chi connectivity index (χ1v) is 10.0. The molecule has 0 saturated carbocycles. The summed E-state index contributed by atoms with van der Waals surface area (Å²) in [4.78, 5) is 19.2. The standard InChI is InChI=1S/C21H22FN3OS/c1-14-7-9-15(10-8-14)12-23-20(26)16-4-3-11-25(13-16)21-24-19-17(22)5-2-6-18(19)27-21/h2,5-10,16H,3-4,11-13H2,1H3,(H,23,26). The first kappa shape index (κ1) is 17.9. The quantitative estimate of drug-likeness (QED) is 0.732. The fourth-order valence-corrected chi connectivity index (χ4v) is 4.46. The molecule has 1 N–H and O–H groups in total. The van der Waals surface area contributed by atoms with Gasteiger partial charge in [-0.2, -0.15) is 0 Å². The molecule has 140 valence electrons. The number of aryl methyl sites for hydroxylation is 1. The number of anilines is 1. The number of aromatic nitrogens is 1. The normalized spacial score (nSPS) is 17.3. The summed E-state index contributed by atoms with van der Waals surface area (Å²) in [6.07, 6.45) is 1.80. The zero-order chi connectivity index (χ0) is 18.8. The highest BCUT2D eigenvalue weighted by atomic mass is 32.1. The maximum Gasteiger partial charge on any atom is 0.225 e. The number of rotatable bonds is 4. The van der Waals surface area contributed by atoms with Crippen molar-refractivity contribution in [1.82, 2.24) is 10.3 Å². The predicted molar refractivity (Wildman–Crippen MR) is 108 cm³/mol. The van der Waals surface area contributed by atoms with Crippen LogP contribution in [0.4, 0.5) is 9.52 Å². The van der Waals surface area contributed by atoms with E-state index in [4.69, 9.17) is 0 Å². The van der Waals surface area contributed by atoms with Crippen molar-refractivity contribution >= 4 is 32.6 Å². The van der Waals surface area contributed by atoms with Crippen LogP contribution in [0.25, 0.3) is 10.2 Å². The van der Waals surface area contributed by atoms with Crippen LogP contribution in [0.3, 0.4) is 0 Å². The smallest absolute Gasteiger partial charge is 0.225 e. The Morgan fingerprint density at radius 3 is 2.89 bits per heavy atom. The molecule has 0 radical (unpaired) electrons. The van der Waals surface area contributed by atoms with Gasteiger partial charge >= 0.3 is 0 Å². The molecule has 1 amide bonds. The summed E-state index contributed by atoms with van der Waals surface area (Å²) >= 11 is 1.49. The third-order valence-electron chi connectivity index (χ3n) is 5.01. The summed E-state index contributed by atoms with van der Waals surface area (Å²) in [6.45, 7) is 4.07. The van der Waals surface area contributed by atoms with E-state index in [9.17, 15) is 9.18 Å². The maximum absolute atomic E-state index is 13.9. The molecule has 4 rings (SSSR count). The molecule has 0 spiro atoms. The second-order valence-electron chi connectivity index (χ2n) is 7.07. The number of hydrogen-bond donors (Lipinski definition) is 1. The fourth-order valence-electron chi connectivity index (χ4n) is 3.44. The molecule has 1 unspecified atom stereocenters. The van der Waals surface area contributed by atoms with Crippen molar-refractivity contribution in [2.75, 3.05) is 18.0 Å². The van der Waals surface area contributed by atoms with E-state index in [0.717, 1.165) is 34.8 Å². The average Bonchev–Trinajstić information content (AvgIpc) is 3.13. The molecule has 6 heteroatoms. The fraction of sp³-hybridized carbons (Fsp3) is 0.333. The lowest BCUT2D eigenvalue weighted by molar-refractivity contribution is -0.125. The van der Waals surface area contributed by atoms with Gasteiger partial charge in [-0.15, -0.1) is 0 Å². The Balaban J connectivity index is 1.41. The second kappa shape index (κ2) is 7.64. The van der Waals surface area contributed by atoms with Gasteiger partial charge in [0.05, 0.1) is 10.6 Å². The molecule has 1 saturated heterocycles. The van der Waals surface area contributed by atoms with Crippen LogP contribution in [0.5, 0.6) is 0 Å². The summed E-state index contributed by atoms with van der Waals surface area (Å²) < 4.78 is 14.8. The summed E-state index contributed by atoms with van der Waals surface area (Å²) in [5, 5.41) is 3.85. The van der Waals surface area contributed by atoms with Gasteiger partial charge in [0, 0.05) is 19.6 Å². The van der Waals surface area contributed by atoms with Crippen LogP contribution in [0.2, 0.25) is 0 Å². The third-order valence-corrected chi connectivity index (χ3v) is 6.09. The SMILES string of the molecule is Cc1ccc(CNC(=O)C2CCCN(c3nc4c(F)cccc4s3)C2)cc1. The molecule has 27 heavy (non-hydrogen) atoms. The van der Waals surface area contributed by atoms with Gasteiger partial charge in [0.25, 0.3) is 0 Å². The number of nitrogens with one attached hydrogen (secondary N) is 1. The highest BCUT2D eigenvalue weighted by Crippen LogP contribution is 2.32. The van der Waals surface area contributed by atoms with Crippen LogP contribution in [-0.4, -0.2) is 24.0 Å². The van der Waals surface area contributed by atoms with E-state index in [-0.39, 0.29) is 17.6 Å². The van der Waals surface area contributed by atoms with Gasteiger partial charge in [-0.1, -0.05) is 47.2 Å². The van der Waals surface area contributed by atoms with Crippen LogP contribution < -0.4 is 10.2 Å². The second-order valence-corrected chi connectivity index (χ2v) is 8.08. The number of amides is 1. The zero-order valence-corrected chi connectivity index (χ0v) is 16.1. The topological polar surface area (TPSA) is 45.2 Å². The Bertz CT molecular complexity index is 954. The number of halogens is 1. The van der Waals surface area contributed by atoms with E-state index in [1.165, 1.54) is 23.0 Å². The van der Waals surface area contributed by atoms with Crippen molar-refractivity contribution in [3.8, 4) is 0 Å². The lowest BCUT2D eigenvalue weighted by Gasteiger charge is -2.31. The molecule has 1 fully saturated rings. The van der Waals surface area contributed by atoms with E-state index in [1.54, 1.807) is 6.07 Å². The molecular weight excluding hydrogens is 361 g/mol. The lowest BCUT2D eigenvalue weighted by Crippen LogP contribution is -2.42. The Morgan fingerprint density at radius 1 is 1.30 bits per heavy atom. The Kier molecular flexibility index (Phi) is 5.07. The van der Waals surface area contributed by atoms with Crippen molar-refractivity contribution in [2.45, 2.75) is 26.3 Å². The molecule has 0 bridgehead atoms. The molecular formula is C21H22FN3OS. The van der Waals surface area contributed by atoms with E-state index >= 15 is 0 Å². The molecule has 3 aromatic rings. The Labute approximate surface area is 162 Å².